The van der Waals surface area contributed by atoms with Crippen LogP contribution in [0.25, 0.3) is 11.1 Å². The minimum atomic E-state index is -0.288. The molecule has 1 nitrogen and oxygen atoms in total. The third-order valence-corrected chi connectivity index (χ3v) is 2.61. The van der Waals surface area contributed by atoms with Crippen LogP contribution in [0.15, 0.2) is 47.5 Å². The van der Waals surface area contributed by atoms with Crippen LogP contribution in [0.4, 0.5) is 10.1 Å². The van der Waals surface area contributed by atoms with E-state index >= 15 is 0 Å². The highest BCUT2D eigenvalue weighted by Crippen LogP contribution is 2.32. The van der Waals surface area contributed by atoms with E-state index in [0.717, 1.165) is 0 Å². The first-order valence-electron chi connectivity index (χ1n) is 4.73. The van der Waals surface area contributed by atoms with Gasteiger partial charge < -0.3 is 0 Å². The van der Waals surface area contributed by atoms with Crippen molar-refractivity contribution in [2.75, 3.05) is 0 Å². The van der Waals surface area contributed by atoms with Crippen LogP contribution < -0.4 is 0 Å². The van der Waals surface area contributed by atoms with Crippen molar-refractivity contribution >= 4 is 24.0 Å². The molecule has 0 fully saturated rings. The van der Waals surface area contributed by atoms with Crippen LogP contribution in [-0.4, -0.2) is 6.72 Å². The van der Waals surface area contributed by atoms with Crippen molar-refractivity contribution in [3.63, 3.8) is 0 Å². The van der Waals surface area contributed by atoms with Crippen LogP contribution in [0.3, 0.4) is 0 Å². The first-order valence-corrected chi connectivity index (χ1v) is 5.11. The second kappa shape index (κ2) is 4.45. The minimum absolute atomic E-state index is 0.288. The van der Waals surface area contributed by atoms with E-state index in [4.69, 9.17) is 11.6 Å². The number of hydrogen-bond donors (Lipinski definition) is 0. The molecular formula is C13H9ClFN. The van der Waals surface area contributed by atoms with Crippen LogP contribution in [0.2, 0.25) is 5.02 Å². The molecule has 0 atom stereocenters. The third-order valence-electron chi connectivity index (χ3n) is 2.30. The number of hydrogen-bond acceptors (Lipinski definition) is 1. The molecule has 80 valence electrons. The Balaban J connectivity index is 2.57. The monoisotopic (exact) mass is 233 g/mol. The second-order valence-corrected chi connectivity index (χ2v) is 3.71. The van der Waals surface area contributed by atoms with Crippen LogP contribution >= 0.6 is 11.6 Å². The molecular weight excluding hydrogens is 225 g/mol. The Kier molecular flexibility index (Phi) is 3.02. The summed E-state index contributed by atoms with van der Waals surface area (Å²) in [6.45, 7) is 3.41. The van der Waals surface area contributed by atoms with Gasteiger partial charge in [0, 0.05) is 11.1 Å². The fraction of sp³-hybridized carbons (Fsp3) is 0. The molecule has 0 saturated carbocycles. The molecule has 0 spiro atoms. The van der Waals surface area contributed by atoms with Crippen LogP contribution in [0.5, 0.6) is 0 Å². The van der Waals surface area contributed by atoms with Gasteiger partial charge in [0.2, 0.25) is 0 Å². The summed E-state index contributed by atoms with van der Waals surface area (Å²) in [5, 5.41) is 0.468. The highest BCUT2D eigenvalue weighted by atomic mass is 35.5. The number of nitrogens with zero attached hydrogens (tertiary/aromatic N) is 1. The smallest absolute Gasteiger partial charge is 0.131 e. The van der Waals surface area contributed by atoms with Crippen molar-refractivity contribution < 1.29 is 4.39 Å². The summed E-state index contributed by atoms with van der Waals surface area (Å²) in [6, 6.07) is 11.7. The average Bonchev–Trinajstić information content (AvgIpc) is 2.30. The van der Waals surface area contributed by atoms with E-state index in [-0.39, 0.29) is 5.82 Å². The minimum Gasteiger partial charge on any atom is -0.265 e. The summed E-state index contributed by atoms with van der Waals surface area (Å²) >= 11 is 6.06. The Morgan fingerprint density at radius 2 is 1.81 bits per heavy atom. The highest BCUT2D eigenvalue weighted by molar-refractivity contribution is 6.33. The fourth-order valence-electron chi connectivity index (χ4n) is 1.50. The quantitative estimate of drug-likeness (QED) is 0.679. The van der Waals surface area contributed by atoms with Gasteiger partial charge in [0.15, 0.2) is 0 Å². The Bertz CT molecular complexity index is 537. The molecule has 2 aromatic rings. The summed E-state index contributed by atoms with van der Waals surface area (Å²) in [5.74, 6) is -0.288. The maximum absolute atomic E-state index is 13.5. The molecule has 0 radical (unpaired) electrons. The topological polar surface area (TPSA) is 12.4 Å². The standard InChI is InChI=1S/C13H9ClFN/c1-16-9-6-7-10(12(14)8-9)11-4-2-3-5-13(11)15/h2-8H,1H2. The molecule has 0 aliphatic heterocycles. The number of halogens is 2. The lowest BCUT2D eigenvalue weighted by molar-refractivity contribution is 0.631. The van der Waals surface area contributed by atoms with E-state index in [1.54, 1.807) is 36.4 Å². The number of rotatable bonds is 2. The average molecular weight is 234 g/mol. The first kappa shape index (κ1) is 10.8. The molecule has 3 heteroatoms. The molecule has 0 aliphatic carbocycles. The Morgan fingerprint density at radius 3 is 2.44 bits per heavy atom. The molecule has 0 aliphatic rings. The Hall–Kier alpha value is -1.67. The van der Waals surface area contributed by atoms with Gasteiger partial charge in [-0.2, -0.15) is 0 Å². The molecule has 0 N–H and O–H groups in total. The molecule has 2 rings (SSSR count). The van der Waals surface area contributed by atoms with Crippen LogP contribution in [-0.2, 0) is 0 Å². The van der Waals surface area contributed by atoms with E-state index in [2.05, 4.69) is 11.7 Å². The van der Waals surface area contributed by atoms with Crippen molar-refractivity contribution in [3.05, 3.63) is 53.3 Å². The van der Waals surface area contributed by atoms with Crippen molar-refractivity contribution in [2.45, 2.75) is 0 Å². The summed E-state index contributed by atoms with van der Waals surface area (Å²) in [7, 11) is 0. The van der Waals surface area contributed by atoms with Gasteiger partial charge in [0.25, 0.3) is 0 Å². The van der Waals surface area contributed by atoms with E-state index in [1.807, 2.05) is 0 Å². The maximum atomic E-state index is 13.5. The largest absolute Gasteiger partial charge is 0.265 e. The van der Waals surface area contributed by atoms with Gasteiger partial charge in [-0.25, -0.2) is 4.39 Å². The normalized spacial score (nSPS) is 10.1. The summed E-state index contributed by atoms with van der Waals surface area (Å²) in [4.78, 5) is 3.76. The number of aliphatic imine (C=N–C) groups is 1. The van der Waals surface area contributed by atoms with Gasteiger partial charge in [0.05, 0.1) is 10.7 Å². The van der Waals surface area contributed by atoms with Crippen LogP contribution in [0, 0.1) is 5.82 Å². The molecule has 0 aromatic heterocycles. The van der Waals surface area contributed by atoms with Crippen molar-refractivity contribution in [1.29, 1.82) is 0 Å². The van der Waals surface area contributed by atoms with Gasteiger partial charge in [-0.05, 0) is 24.9 Å². The molecule has 0 amide bonds. The molecule has 0 saturated heterocycles. The zero-order valence-electron chi connectivity index (χ0n) is 8.45. The van der Waals surface area contributed by atoms with Gasteiger partial charge in [-0.15, -0.1) is 0 Å². The molecule has 16 heavy (non-hydrogen) atoms. The number of benzene rings is 2. The zero-order chi connectivity index (χ0) is 11.5. The molecule has 0 bridgehead atoms. The van der Waals surface area contributed by atoms with E-state index < -0.39 is 0 Å². The van der Waals surface area contributed by atoms with Gasteiger partial charge in [-0.3, -0.25) is 4.99 Å². The van der Waals surface area contributed by atoms with Gasteiger partial charge in [0.1, 0.15) is 5.82 Å². The van der Waals surface area contributed by atoms with Crippen molar-refractivity contribution in [2.24, 2.45) is 4.99 Å². The third kappa shape index (κ3) is 1.97. The van der Waals surface area contributed by atoms with Crippen molar-refractivity contribution in [1.82, 2.24) is 0 Å². The SMILES string of the molecule is C=Nc1ccc(-c2ccccc2F)c(Cl)c1. The first-order chi connectivity index (χ1) is 7.72. The zero-order valence-corrected chi connectivity index (χ0v) is 9.21. The molecule has 0 unspecified atom stereocenters. The summed E-state index contributed by atoms with van der Waals surface area (Å²) < 4.78 is 13.5. The van der Waals surface area contributed by atoms with Crippen LogP contribution in [0.1, 0.15) is 0 Å². The summed E-state index contributed by atoms with van der Waals surface area (Å²) in [5.41, 5.74) is 1.82. The fourth-order valence-corrected chi connectivity index (χ4v) is 1.78. The van der Waals surface area contributed by atoms with Gasteiger partial charge >= 0.3 is 0 Å². The summed E-state index contributed by atoms with van der Waals surface area (Å²) in [6.07, 6.45) is 0. The van der Waals surface area contributed by atoms with E-state index in [9.17, 15) is 4.39 Å². The predicted octanol–water partition coefficient (Wildman–Crippen LogP) is 4.48. The lowest BCUT2D eigenvalue weighted by Crippen LogP contribution is -1.84. The highest BCUT2D eigenvalue weighted by Gasteiger charge is 2.08. The predicted molar refractivity (Wildman–Crippen MR) is 66.1 cm³/mol. The van der Waals surface area contributed by atoms with Crippen molar-refractivity contribution in [3.8, 4) is 11.1 Å². The van der Waals surface area contributed by atoms with E-state index in [1.165, 1.54) is 6.07 Å². The van der Waals surface area contributed by atoms with Gasteiger partial charge in [-0.1, -0.05) is 35.9 Å². The Labute approximate surface area is 98.2 Å². The Morgan fingerprint density at radius 1 is 1.06 bits per heavy atom. The maximum Gasteiger partial charge on any atom is 0.131 e. The van der Waals surface area contributed by atoms with E-state index in [0.29, 0.717) is 21.8 Å². The molecule has 0 heterocycles. The molecule has 2 aromatic carbocycles. The second-order valence-electron chi connectivity index (χ2n) is 3.30. The lowest BCUT2D eigenvalue weighted by Gasteiger charge is -2.06. The lowest BCUT2D eigenvalue weighted by atomic mass is 10.0.